The average Bonchev–Trinajstić information content (AvgIpc) is 2.50. The fourth-order valence-corrected chi connectivity index (χ4v) is 2.90. The molecule has 0 aromatic rings. The Morgan fingerprint density at radius 1 is 1.38 bits per heavy atom. The van der Waals surface area contributed by atoms with Gasteiger partial charge in [0, 0.05) is 33.1 Å². The van der Waals surface area contributed by atoms with E-state index in [2.05, 4.69) is 6.92 Å². The SMILES string of the molecule is CCCC[C@@H](C)C(=O)N1C[C@H](COCC(=O)N(C)C)OC(C)(C)C1. The highest BCUT2D eigenvalue weighted by atomic mass is 16.6. The second kappa shape index (κ2) is 9.37. The predicted molar refractivity (Wildman–Crippen MR) is 93.7 cm³/mol. The van der Waals surface area contributed by atoms with E-state index < -0.39 is 5.60 Å². The molecule has 6 nitrogen and oxygen atoms in total. The van der Waals surface area contributed by atoms with Crippen LogP contribution in [0.15, 0.2) is 0 Å². The van der Waals surface area contributed by atoms with Crippen molar-refractivity contribution in [2.75, 3.05) is 40.4 Å². The van der Waals surface area contributed by atoms with Crippen molar-refractivity contribution >= 4 is 11.8 Å². The molecule has 1 saturated heterocycles. The molecular weight excluding hydrogens is 308 g/mol. The van der Waals surface area contributed by atoms with Gasteiger partial charge in [0.25, 0.3) is 0 Å². The Bertz CT molecular complexity index is 423. The van der Waals surface area contributed by atoms with Crippen molar-refractivity contribution in [3.63, 3.8) is 0 Å². The number of ether oxygens (including phenoxy) is 2. The summed E-state index contributed by atoms with van der Waals surface area (Å²) < 4.78 is 11.5. The third-order valence-electron chi connectivity index (χ3n) is 4.23. The first-order chi connectivity index (χ1) is 11.2. The Balaban J connectivity index is 2.56. The maximum atomic E-state index is 12.7. The number of amides is 2. The molecule has 0 radical (unpaired) electrons. The molecular formula is C18H34N2O4. The molecule has 0 aromatic heterocycles. The van der Waals surface area contributed by atoms with E-state index in [0.29, 0.717) is 19.7 Å². The van der Waals surface area contributed by atoms with Crippen molar-refractivity contribution in [1.29, 1.82) is 0 Å². The van der Waals surface area contributed by atoms with Gasteiger partial charge in [0.05, 0.1) is 18.3 Å². The molecule has 1 rings (SSSR count). The molecule has 1 heterocycles. The van der Waals surface area contributed by atoms with Crippen LogP contribution in [0, 0.1) is 5.92 Å². The maximum absolute atomic E-state index is 12.7. The Morgan fingerprint density at radius 2 is 2.04 bits per heavy atom. The van der Waals surface area contributed by atoms with Gasteiger partial charge in [0.1, 0.15) is 6.61 Å². The first-order valence-corrected chi connectivity index (χ1v) is 8.90. The molecule has 0 aliphatic carbocycles. The van der Waals surface area contributed by atoms with Crippen LogP contribution >= 0.6 is 0 Å². The molecule has 1 aliphatic rings. The third kappa shape index (κ3) is 6.77. The molecule has 2 amide bonds. The Kier molecular flexibility index (Phi) is 8.16. The van der Waals surface area contributed by atoms with Gasteiger partial charge in [0.2, 0.25) is 11.8 Å². The summed E-state index contributed by atoms with van der Waals surface area (Å²) in [5.41, 5.74) is -0.405. The van der Waals surface area contributed by atoms with Crippen molar-refractivity contribution in [3.05, 3.63) is 0 Å². The third-order valence-corrected chi connectivity index (χ3v) is 4.23. The molecule has 6 heteroatoms. The highest BCUT2D eigenvalue weighted by Gasteiger charge is 2.36. The summed E-state index contributed by atoms with van der Waals surface area (Å²) in [5.74, 6) is 0.149. The summed E-state index contributed by atoms with van der Waals surface area (Å²) in [5, 5.41) is 0. The van der Waals surface area contributed by atoms with E-state index in [4.69, 9.17) is 9.47 Å². The zero-order valence-corrected chi connectivity index (χ0v) is 16.1. The van der Waals surface area contributed by atoms with Crippen LogP contribution in [0.1, 0.15) is 47.0 Å². The molecule has 0 unspecified atom stereocenters. The highest BCUT2D eigenvalue weighted by molar-refractivity contribution is 5.78. The molecule has 0 aromatic carbocycles. The van der Waals surface area contributed by atoms with Crippen molar-refractivity contribution in [3.8, 4) is 0 Å². The van der Waals surface area contributed by atoms with E-state index in [9.17, 15) is 9.59 Å². The normalized spacial score (nSPS) is 21.4. The van der Waals surface area contributed by atoms with Gasteiger partial charge in [-0.15, -0.1) is 0 Å². The second-order valence-electron chi connectivity index (χ2n) is 7.56. The van der Waals surface area contributed by atoms with Gasteiger partial charge >= 0.3 is 0 Å². The summed E-state index contributed by atoms with van der Waals surface area (Å²) in [4.78, 5) is 27.6. The van der Waals surface area contributed by atoms with Crippen LogP contribution in [0.5, 0.6) is 0 Å². The fraction of sp³-hybridized carbons (Fsp3) is 0.889. The predicted octanol–water partition coefficient (Wildman–Crippen LogP) is 1.92. The number of unbranched alkanes of at least 4 members (excludes halogenated alkanes) is 1. The van der Waals surface area contributed by atoms with E-state index in [1.54, 1.807) is 14.1 Å². The van der Waals surface area contributed by atoms with Gasteiger partial charge in [-0.05, 0) is 20.3 Å². The van der Waals surface area contributed by atoms with Crippen molar-refractivity contribution in [1.82, 2.24) is 9.80 Å². The summed E-state index contributed by atoms with van der Waals surface area (Å²) in [6.45, 7) is 9.58. The van der Waals surface area contributed by atoms with Crippen LogP contribution in [0.2, 0.25) is 0 Å². The van der Waals surface area contributed by atoms with Gasteiger partial charge in [-0.2, -0.15) is 0 Å². The molecule has 24 heavy (non-hydrogen) atoms. The molecule has 140 valence electrons. The highest BCUT2D eigenvalue weighted by Crippen LogP contribution is 2.23. The molecule has 1 fully saturated rings. The lowest BCUT2D eigenvalue weighted by Crippen LogP contribution is -2.56. The lowest BCUT2D eigenvalue weighted by molar-refractivity contribution is -0.174. The van der Waals surface area contributed by atoms with E-state index >= 15 is 0 Å². The maximum Gasteiger partial charge on any atom is 0.248 e. The molecule has 0 bridgehead atoms. The van der Waals surface area contributed by atoms with Gasteiger partial charge in [-0.1, -0.05) is 26.7 Å². The van der Waals surface area contributed by atoms with E-state index in [0.717, 1.165) is 19.3 Å². The smallest absolute Gasteiger partial charge is 0.248 e. The lowest BCUT2D eigenvalue weighted by atomic mass is 9.99. The fourth-order valence-electron chi connectivity index (χ4n) is 2.90. The number of carbonyl (C=O) groups excluding carboxylic acids is 2. The number of carbonyl (C=O) groups is 2. The van der Waals surface area contributed by atoms with Crippen molar-refractivity contribution < 1.29 is 19.1 Å². The van der Waals surface area contributed by atoms with Crippen LogP contribution in [-0.2, 0) is 19.1 Å². The molecule has 2 atom stereocenters. The lowest BCUT2D eigenvalue weighted by Gasteiger charge is -2.43. The molecule has 0 spiro atoms. The summed E-state index contributed by atoms with van der Waals surface area (Å²) in [6, 6.07) is 0. The number of rotatable bonds is 8. The molecule has 0 N–H and O–H groups in total. The average molecular weight is 342 g/mol. The first-order valence-electron chi connectivity index (χ1n) is 8.90. The zero-order chi connectivity index (χ0) is 18.3. The Morgan fingerprint density at radius 3 is 2.62 bits per heavy atom. The van der Waals surface area contributed by atoms with Crippen LogP contribution in [0.25, 0.3) is 0 Å². The number of hydrogen-bond acceptors (Lipinski definition) is 4. The van der Waals surface area contributed by atoms with E-state index in [1.807, 2.05) is 25.7 Å². The minimum Gasteiger partial charge on any atom is -0.369 e. The first kappa shape index (κ1) is 20.9. The Hall–Kier alpha value is -1.14. The van der Waals surface area contributed by atoms with Gasteiger partial charge in [-0.25, -0.2) is 0 Å². The van der Waals surface area contributed by atoms with Gasteiger partial charge in [-0.3, -0.25) is 9.59 Å². The second-order valence-corrected chi connectivity index (χ2v) is 7.56. The summed E-state index contributed by atoms with van der Waals surface area (Å²) in [6.07, 6.45) is 2.89. The summed E-state index contributed by atoms with van der Waals surface area (Å²) in [7, 11) is 3.40. The minimum atomic E-state index is -0.405. The summed E-state index contributed by atoms with van der Waals surface area (Å²) >= 11 is 0. The van der Waals surface area contributed by atoms with Gasteiger partial charge in [0.15, 0.2) is 0 Å². The molecule has 1 aliphatic heterocycles. The quantitative estimate of drug-likeness (QED) is 0.676. The Labute approximate surface area is 146 Å². The van der Waals surface area contributed by atoms with Crippen molar-refractivity contribution in [2.24, 2.45) is 5.92 Å². The molecule has 0 saturated carbocycles. The van der Waals surface area contributed by atoms with Crippen LogP contribution in [0.3, 0.4) is 0 Å². The number of nitrogens with zero attached hydrogens (tertiary/aromatic N) is 2. The minimum absolute atomic E-state index is 0.0359. The van der Waals surface area contributed by atoms with E-state index in [1.165, 1.54) is 4.90 Å². The monoisotopic (exact) mass is 342 g/mol. The van der Waals surface area contributed by atoms with E-state index in [-0.39, 0.29) is 30.4 Å². The number of hydrogen-bond donors (Lipinski definition) is 0. The standard InChI is InChI=1S/C18H34N2O4/c1-7-8-9-14(2)17(22)20-10-15(24-18(3,4)13-20)11-23-12-16(21)19(5)6/h14-15H,7-13H2,1-6H3/t14-,15-/m1/s1. The van der Waals surface area contributed by atoms with Crippen LogP contribution < -0.4 is 0 Å². The zero-order valence-electron chi connectivity index (χ0n) is 16.1. The largest absolute Gasteiger partial charge is 0.369 e. The van der Waals surface area contributed by atoms with Crippen LogP contribution in [0.4, 0.5) is 0 Å². The number of morpholine rings is 1. The number of likely N-dealkylation sites (N-methyl/N-ethyl adjacent to an activating group) is 1. The van der Waals surface area contributed by atoms with Crippen molar-refractivity contribution in [2.45, 2.75) is 58.7 Å². The van der Waals surface area contributed by atoms with Gasteiger partial charge < -0.3 is 19.3 Å². The topological polar surface area (TPSA) is 59.1 Å². The van der Waals surface area contributed by atoms with Crippen LogP contribution in [-0.4, -0.2) is 73.7 Å².